The summed E-state index contributed by atoms with van der Waals surface area (Å²) in [7, 11) is 1.33. The standard InChI is InChI=1S/C18H12BrNO5/c1-24-17-7-4-13(10-16(17)20(22)23)18(21)25-15-6-3-11-8-14(19)5-2-12(11)9-15/h2-10H,1H3. The van der Waals surface area contributed by atoms with E-state index >= 15 is 0 Å². The van der Waals surface area contributed by atoms with E-state index < -0.39 is 10.9 Å². The first-order valence-electron chi connectivity index (χ1n) is 7.22. The van der Waals surface area contributed by atoms with E-state index in [0.29, 0.717) is 5.75 Å². The van der Waals surface area contributed by atoms with E-state index in [1.807, 2.05) is 24.3 Å². The first-order valence-corrected chi connectivity index (χ1v) is 8.01. The fraction of sp³-hybridized carbons (Fsp3) is 0.0556. The zero-order valence-electron chi connectivity index (χ0n) is 13.1. The predicted molar refractivity (Wildman–Crippen MR) is 96.3 cm³/mol. The second-order valence-electron chi connectivity index (χ2n) is 5.19. The Balaban J connectivity index is 1.88. The largest absolute Gasteiger partial charge is 0.490 e. The molecule has 7 heteroatoms. The number of rotatable bonds is 4. The van der Waals surface area contributed by atoms with Crippen molar-refractivity contribution in [2.75, 3.05) is 7.11 Å². The molecule has 0 fully saturated rings. The minimum atomic E-state index is -0.679. The molecule has 0 aromatic heterocycles. The van der Waals surface area contributed by atoms with Crippen molar-refractivity contribution in [3.05, 3.63) is 74.7 Å². The van der Waals surface area contributed by atoms with Crippen LogP contribution in [0.3, 0.4) is 0 Å². The number of benzene rings is 3. The first kappa shape index (κ1) is 16.9. The average Bonchev–Trinajstić information content (AvgIpc) is 2.61. The highest BCUT2D eigenvalue weighted by molar-refractivity contribution is 9.10. The number of nitrogens with zero attached hydrogens (tertiary/aromatic N) is 1. The van der Waals surface area contributed by atoms with Gasteiger partial charge < -0.3 is 9.47 Å². The minimum absolute atomic E-state index is 0.0726. The molecular weight excluding hydrogens is 390 g/mol. The van der Waals surface area contributed by atoms with Gasteiger partial charge in [0.1, 0.15) is 5.75 Å². The molecule has 3 aromatic carbocycles. The fourth-order valence-corrected chi connectivity index (χ4v) is 2.76. The Morgan fingerprint density at radius 1 is 1.04 bits per heavy atom. The number of hydrogen-bond donors (Lipinski definition) is 0. The first-order chi connectivity index (χ1) is 12.0. The highest BCUT2D eigenvalue weighted by Crippen LogP contribution is 2.29. The second kappa shape index (κ2) is 6.90. The Labute approximate surface area is 151 Å². The highest BCUT2D eigenvalue weighted by atomic mass is 79.9. The molecule has 0 radical (unpaired) electrons. The van der Waals surface area contributed by atoms with Crippen molar-refractivity contribution in [1.29, 1.82) is 0 Å². The maximum atomic E-state index is 12.3. The van der Waals surface area contributed by atoms with Crippen molar-refractivity contribution in [3.8, 4) is 11.5 Å². The number of halogens is 1. The smallest absolute Gasteiger partial charge is 0.343 e. The summed E-state index contributed by atoms with van der Waals surface area (Å²) in [5.74, 6) is -0.238. The van der Waals surface area contributed by atoms with E-state index in [9.17, 15) is 14.9 Å². The van der Waals surface area contributed by atoms with Crippen molar-refractivity contribution < 1.29 is 19.2 Å². The SMILES string of the molecule is COc1ccc(C(=O)Oc2ccc3cc(Br)ccc3c2)cc1[N+](=O)[O-]. The van der Waals surface area contributed by atoms with Gasteiger partial charge in [-0.2, -0.15) is 0 Å². The van der Waals surface area contributed by atoms with Crippen LogP contribution in [0.5, 0.6) is 11.5 Å². The van der Waals surface area contributed by atoms with Gasteiger partial charge in [0.05, 0.1) is 17.6 Å². The number of hydrogen-bond acceptors (Lipinski definition) is 5. The summed E-state index contributed by atoms with van der Waals surface area (Å²) < 4.78 is 11.2. The molecule has 0 aliphatic rings. The molecule has 0 spiro atoms. The number of esters is 1. The van der Waals surface area contributed by atoms with E-state index in [-0.39, 0.29) is 17.0 Å². The van der Waals surface area contributed by atoms with E-state index in [4.69, 9.17) is 9.47 Å². The Kier molecular flexibility index (Phi) is 4.67. The molecule has 0 amide bonds. The molecule has 25 heavy (non-hydrogen) atoms. The Hall–Kier alpha value is -2.93. The van der Waals surface area contributed by atoms with Gasteiger partial charge in [-0.15, -0.1) is 0 Å². The molecule has 0 atom stereocenters. The van der Waals surface area contributed by atoms with Crippen LogP contribution in [-0.2, 0) is 0 Å². The second-order valence-corrected chi connectivity index (χ2v) is 6.10. The molecule has 0 aliphatic heterocycles. The van der Waals surface area contributed by atoms with Crippen LogP contribution in [0.1, 0.15) is 10.4 Å². The molecule has 0 aliphatic carbocycles. The van der Waals surface area contributed by atoms with Crippen LogP contribution in [0.25, 0.3) is 10.8 Å². The monoisotopic (exact) mass is 401 g/mol. The summed E-state index contributed by atoms with van der Waals surface area (Å²) >= 11 is 3.40. The predicted octanol–water partition coefficient (Wildman–Crippen LogP) is 4.74. The van der Waals surface area contributed by atoms with E-state index in [1.165, 1.54) is 19.2 Å². The van der Waals surface area contributed by atoms with E-state index in [2.05, 4.69) is 15.9 Å². The van der Waals surface area contributed by atoms with Crippen molar-refractivity contribution in [2.45, 2.75) is 0 Å². The number of nitro groups is 1. The van der Waals surface area contributed by atoms with Crippen LogP contribution >= 0.6 is 15.9 Å². The number of carbonyl (C=O) groups excluding carboxylic acids is 1. The molecule has 6 nitrogen and oxygen atoms in total. The maximum absolute atomic E-state index is 12.3. The van der Waals surface area contributed by atoms with Crippen molar-refractivity contribution in [3.63, 3.8) is 0 Å². The Morgan fingerprint density at radius 2 is 1.76 bits per heavy atom. The topological polar surface area (TPSA) is 78.7 Å². The summed E-state index contributed by atoms with van der Waals surface area (Å²) in [6.07, 6.45) is 0. The van der Waals surface area contributed by atoms with Gasteiger partial charge in [-0.25, -0.2) is 4.79 Å². The van der Waals surface area contributed by atoms with E-state index in [1.54, 1.807) is 12.1 Å². The van der Waals surface area contributed by atoms with E-state index in [0.717, 1.165) is 21.3 Å². The number of methoxy groups -OCH3 is 1. The summed E-state index contributed by atoms with van der Waals surface area (Å²) in [6.45, 7) is 0. The van der Waals surface area contributed by atoms with Crippen LogP contribution in [0, 0.1) is 10.1 Å². The summed E-state index contributed by atoms with van der Waals surface area (Å²) in [5, 5.41) is 13.0. The molecule has 126 valence electrons. The summed E-state index contributed by atoms with van der Waals surface area (Å²) in [4.78, 5) is 22.7. The molecule has 0 N–H and O–H groups in total. The molecule has 0 saturated carbocycles. The van der Waals surface area contributed by atoms with Gasteiger partial charge in [0.25, 0.3) is 0 Å². The third kappa shape index (κ3) is 3.61. The number of nitro benzene ring substituents is 1. The van der Waals surface area contributed by atoms with Crippen LogP contribution < -0.4 is 9.47 Å². The zero-order valence-corrected chi connectivity index (χ0v) is 14.6. The van der Waals surface area contributed by atoms with Crippen LogP contribution in [0.4, 0.5) is 5.69 Å². The fourth-order valence-electron chi connectivity index (χ4n) is 2.38. The normalized spacial score (nSPS) is 10.5. The molecule has 0 heterocycles. The zero-order chi connectivity index (χ0) is 18.0. The highest BCUT2D eigenvalue weighted by Gasteiger charge is 2.19. The van der Waals surface area contributed by atoms with Gasteiger partial charge in [0, 0.05) is 10.5 Å². The lowest BCUT2D eigenvalue weighted by atomic mass is 10.1. The molecule has 0 unspecified atom stereocenters. The quantitative estimate of drug-likeness (QED) is 0.273. The molecule has 3 rings (SSSR count). The minimum Gasteiger partial charge on any atom is -0.490 e. The lowest BCUT2D eigenvalue weighted by Gasteiger charge is -2.07. The van der Waals surface area contributed by atoms with Gasteiger partial charge >= 0.3 is 11.7 Å². The third-order valence-electron chi connectivity index (χ3n) is 3.60. The van der Waals surface area contributed by atoms with Gasteiger partial charge in [-0.1, -0.05) is 28.1 Å². The van der Waals surface area contributed by atoms with Gasteiger partial charge in [-0.05, 0) is 47.2 Å². The number of ether oxygens (including phenoxy) is 2. The average molecular weight is 402 g/mol. The molecule has 0 saturated heterocycles. The number of fused-ring (bicyclic) bond motifs is 1. The third-order valence-corrected chi connectivity index (χ3v) is 4.09. The van der Waals surface area contributed by atoms with Crippen LogP contribution in [-0.4, -0.2) is 18.0 Å². The Morgan fingerprint density at radius 3 is 2.48 bits per heavy atom. The molecular formula is C18H12BrNO5. The molecule has 3 aromatic rings. The van der Waals surface area contributed by atoms with Crippen molar-refractivity contribution in [1.82, 2.24) is 0 Å². The Bertz CT molecular complexity index is 986. The van der Waals surface area contributed by atoms with Gasteiger partial charge in [-0.3, -0.25) is 10.1 Å². The maximum Gasteiger partial charge on any atom is 0.343 e. The summed E-state index contributed by atoms with van der Waals surface area (Å²) in [5.41, 5.74) is -0.219. The van der Waals surface area contributed by atoms with Crippen LogP contribution in [0.2, 0.25) is 0 Å². The van der Waals surface area contributed by atoms with Crippen molar-refractivity contribution >= 4 is 38.4 Å². The summed E-state index contributed by atoms with van der Waals surface area (Å²) in [6, 6.07) is 14.9. The van der Waals surface area contributed by atoms with Crippen molar-refractivity contribution in [2.24, 2.45) is 0 Å². The van der Waals surface area contributed by atoms with Gasteiger partial charge in [0.2, 0.25) is 0 Å². The van der Waals surface area contributed by atoms with Gasteiger partial charge in [0.15, 0.2) is 5.75 Å². The lowest BCUT2D eigenvalue weighted by molar-refractivity contribution is -0.385. The number of carbonyl (C=O) groups is 1. The molecule has 0 bridgehead atoms. The van der Waals surface area contributed by atoms with Crippen LogP contribution in [0.15, 0.2) is 59.1 Å². The lowest BCUT2D eigenvalue weighted by Crippen LogP contribution is -2.09.